The molecule has 0 aliphatic heterocycles. The molecule has 0 radical (unpaired) electrons. The molecule has 0 saturated carbocycles. The van der Waals surface area contributed by atoms with Gasteiger partial charge in [0.05, 0.1) is 10.7 Å². The molecule has 0 saturated heterocycles. The highest BCUT2D eigenvalue weighted by Crippen LogP contribution is 2.25. The second kappa shape index (κ2) is 4.99. The fraction of sp³-hybridized carbons (Fsp3) is 0.250. The second-order valence-electron chi connectivity index (χ2n) is 3.04. The first kappa shape index (κ1) is 13.2. The van der Waals surface area contributed by atoms with E-state index in [4.69, 9.17) is 22.3 Å². The van der Waals surface area contributed by atoms with Crippen molar-refractivity contribution in [2.45, 2.75) is 6.42 Å². The highest BCUT2D eigenvalue weighted by atomic mass is 35.7. The van der Waals surface area contributed by atoms with Crippen LogP contribution in [0.5, 0.6) is 0 Å². The van der Waals surface area contributed by atoms with Crippen LogP contribution in [0.4, 0.5) is 5.69 Å². The molecule has 0 aliphatic carbocycles. The van der Waals surface area contributed by atoms with Crippen molar-refractivity contribution in [3.8, 4) is 0 Å². The first-order valence-electron chi connectivity index (χ1n) is 4.15. The molecule has 16 heavy (non-hydrogen) atoms. The lowest BCUT2D eigenvalue weighted by Gasteiger charge is -2.00. The Kier molecular flexibility index (Phi) is 4.12. The first-order chi connectivity index (χ1) is 7.29. The Balaban J connectivity index is 2.91. The molecule has 1 aromatic carbocycles. The molecule has 5 nitrogen and oxygen atoms in total. The lowest BCUT2D eigenvalue weighted by molar-refractivity contribution is -0.384. The minimum absolute atomic E-state index is 0.0162. The van der Waals surface area contributed by atoms with Crippen molar-refractivity contribution in [2.75, 3.05) is 5.75 Å². The van der Waals surface area contributed by atoms with Gasteiger partial charge in [-0.25, -0.2) is 8.42 Å². The van der Waals surface area contributed by atoms with E-state index < -0.39 is 14.0 Å². The van der Waals surface area contributed by atoms with Gasteiger partial charge in [0.25, 0.3) is 5.69 Å². The average Bonchev–Trinajstić information content (AvgIpc) is 2.14. The minimum atomic E-state index is -3.60. The zero-order chi connectivity index (χ0) is 12.3. The van der Waals surface area contributed by atoms with Crippen molar-refractivity contribution in [3.63, 3.8) is 0 Å². The predicted molar refractivity (Wildman–Crippen MR) is 61.5 cm³/mol. The SMILES string of the molecule is O=[N+]([O-])c1cc(CCS(=O)(=O)Cl)ccc1Cl. The summed E-state index contributed by atoms with van der Waals surface area (Å²) in [6, 6.07) is 4.12. The summed E-state index contributed by atoms with van der Waals surface area (Å²) in [5.41, 5.74) is 0.256. The zero-order valence-electron chi connectivity index (χ0n) is 7.89. The highest BCUT2D eigenvalue weighted by Gasteiger charge is 2.14. The van der Waals surface area contributed by atoms with Crippen LogP contribution < -0.4 is 0 Å². The van der Waals surface area contributed by atoms with E-state index in [1.807, 2.05) is 0 Å². The number of nitrogens with zero attached hydrogens (tertiary/aromatic N) is 1. The summed E-state index contributed by atoms with van der Waals surface area (Å²) in [6.07, 6.45) is 0.115. The molecule has 0 unspecified atom stereocenters. The van der Waals surface area contributed by atoms with Crippen molar-refractivity contribution in [3.05, 3.63) is 38.9 Å². The number of hydrogen-bond acceptors (Lipinski definition) is 4. The molecule has 0 aromatic heterocycles. The number of nitro groups is 1. The lowest BCUT2D eigenvalue weighted by Crippen LogP contribution is -2.01. The molecule has 0 aliphatic rings. The van der Waals surface area contributed by atoms with E-state index in [-0.39, 0.29) is 22.9 Å². The van der Waals surface area contributed by atoms with Gasteiger partial charge < -0.3 is 0 Å². The second-order valence-corrected chi connectivity index (χ2v) is 6.34. The van der Waals surface area contributed by atoms with Gasteiger partial charge in [0, 0.05) is 16.7 Å². The average molecular weight is 284 g/mol. The molecule has 0 bridgehead atoms. The molecule has 0 heterocycles. The minimum Gasteiger partial charge on any atom is -0.258 e. The summed E-state index contributed by atoms with van der Waals surface area (Å²) in [7, 11) is 1.43. The monoisotopic (exact) mass is 283 g/mol. The third-order valence-corrected chi connectivity index (χ3v) is 3.32. The maximum atomic E-state index is 10.7. The third-order valence-electron chi connectivity index (χ3n) is 1.84. The number of benzene rings is 1. The van der Waals surface area contributed by atoms with Gasteiger partial charge in [0.15, 0.2) is 0 Å². The summed E-state index contributed by atoms with van der Waals surface area (Å²) in [5, 5.41) is 10.6. The van der Waals surface area contributed by atoms with Gasteiger partial charge in [-0.05, 0) is 18.1 Å². The van der Waals surface area contributed by atoms with Crippen molar-refractivity contribution in [1.29, 1.82) is 0 Å². The standard InChI is InChI=1S/C8H7Cl2NO4S/c9-7-2-1-6(3-4-16(10,14)15)5-8(7)11(12)13/h1-2,5H,3-4H2. The maximum absolute atomic E-state index is 10.7. The molecule has 0 spiro atoms. The molecule has 1 aromatic rings. The number of rotatable bonds is 4. The molecule has 88 valence electrons. The van der Waals surface area contributed by atoms with Crippen LogP contribution in [-0.4, -0.2) is 19.1 Å². The number of aryl methyl sites for hydroxylation is 1. The fourth-order valence-corrected chi connectivity index (χ4v) is 1.99. The normalized spacial score (nSPS) is 11.4. The summed E-state index contributed by atoms with van der Waals surface area (Å²) in [6.45, 7) is 0. The van der Waals surface area contributed by atoms with E-state index in [1.165, 1.54) is 18.2 Å². The molecular formula is C8H7Cl2NO4S. The quantitative estimate of drug-likeness (QED) is 0.483. The van der Waals surface area contributed by atoms with Crippen molar-refractivity contribution >= 4 is 37.0 Å². The van der Waals surface area contributed by atoms with Crippen LogP contribution in [0.3, 0.4) is 0 Å². The molecule has 0 fully saturated rings. The lowest BCUT2D eigenvalue weighted by atomic mass is 10.1. The third kappa shape index (κ3) is 3.96. The summed E-state index contributed by atoms with van der Waals surface area (Å²) >= 11 is 5.60. The van der Waals surface area contributed by atoms with Crippen LogP contribution in [0.2, 0.25) is 5.02 Å². The van der Waals surface area contributed by atoms with Crippen molar-refractivity contribution < 1.29 is 13.3 Å². The number of halogens is 2. The Morgan fingerprint density at radius 2 is 2.00 bits per heavy atom. The molecule has 1 rings (SSSR count). The Bertz CT molecular complexity index is 515. The highest BCUT2D eigenvalue weighted by molar-refractivity contribution is 8.13. The number of nitro benzene ring substituents is 1. The van der Waals surface area contributed by atoms with E-state index in [2.05, 4.69) is 0 Å². The van der Waals surface area contributed by atoms with Gasteiger partial charge in [-0.1, -0.05) is 17.7 Å². The predicted octanol–water partition coefficient (Wildman–Crippen LogP) is 2.36. The van der Waals surface area contributed by atoms with Gasteiger partial charge in [-0.3, -0.25) is 10.1 Å². The van der Waals surface area contributed by atoms with Crippen LogP contribution in [0, 0.1) is 10.1 Å². The fourth-order valence-electron chi connectivity index (χ4n) is 1.09. The molecular weight excluding hydrogens is 277 g/mol. The van der Waals surface area contributed by atoms with E-state index >= 15 is 0 Å². The van der Waals surface area contributed by atoms with Gasteiger partial charge >= 0.3 is 0 Å². The Morgan fingerprint density at radius 3 is 2.50 bits per heavy atom. The largest absolute Gasteiger partial charge is 0.288 e. The van der Waals surface area contributed by atoms with E-state index in [9.17, 15) is 18.5 Å². The number of hydrogen-bond donors (Lipinski definition) is 0. The zero-order valence-corrected chi connectivity index (χ0v) is 10.2. The molecule has 8 heteroatoms. The Hall–Kier alpha value is -0.850. The molecule has 0 N–H and O–H groups in total. The Labute approximate surface area is 102 Å². The van der Waals surface area contributed by atoms with E-state index in [0.29, 0.717) is 5.56 Å². The van der Waals surface area contributed by atoms with E-state index in [1.54, 1.807) is 0 Å². The first-order valence-corrected chi connectivity index (χ1v) is 7.00. The van der Waals surface area contributed by atoms with Gasteiger partial charge in [0.1, 0.15) is 5.02 Å². The maximum Gasteiger partial charge on any atom is 0.288 e. The topological polar surface area (TPSA) is 77.3 Å². The van der Waals surface area contributed by atoms with Gasteiger partial charge in [-0.15, -0.1) is 0 Å². The van der Waals surface area contributed by atoms with Crippen LogP contribution in [0.15, 0.2) is 18.2 Å². The van der Waals surface area contributed by atoms with Crippen LogP contribution in [0.1, 0.15) is 5.56 Å². The summed E-state index contributed by atoms with van der Waals surface area (Å²) in [5.74, 6) is -0.270. The van der Waals surface area contributed by atoms with Crippen LogP contribution in [0.25, 0.3) is 0 Å². The van der Waals surface area contributed by atoms with Crippen molar-refractivity contribution in [1.82, 2.24) is 0 Å². The molecule has 0 atom stereocenters. The summed E-state index contributed by atoms with van der Waals surface area (Å²) in [4.78, 5) is 9.93. The summed E-state index contributed by atoms with van der Waals surface area (Å²) < 4.78 is 21.4. The van der Waals surface area contributed by atoms with Gasteiger partial charge in [0.2, 0.25) is 9.05 Å². The molecule has 0 amide bonds. The Morgan fingerprint density at radius 1 is 1.38 bits per heavy atom. The van der Waals surface area contributed by atoms with Crippen molar-refractivity contribution in [2.24, 2.45) is 0 Å². The smallest absolute Gasteiger partial charge is 0.258 e. The van der Waals surface area contributed by atoms with Crippen LogP contribution >= 0.6 is 22.3 Å². The van der Waals surface area contributed by atoms with Crippen LogP contribution in [-0.2, 0) is 15.5 Å². The van der Waals surface area contributed by atoms with Gasteiger partial charge in [-0.2, -0.15) is 0 Å². The van der Waals surface area contributed by atoms with E-state index in [0.717, 1.165) is 0 Å².